The van der Waals surface area contributed by atoms with Crippen LogP contribution >= 0.6 is 11.8 Å². The molecule has 5 heteroatoms. The molecule has 0 saturated heterocycles. The van der Waals surface area contributed by atoms with Gasteiger partial charge in [-0.3, -0.25) is 4.98 Å². The first-order valence-electron chi connectivity index (χ1n) is 8.37. The Morgan fingerprint density at radius 1 is 1.04 bits per heavy atom. The van der Waals surface area contributed by atoms with Crippen molar-refractivity contribution in [3.8, 4) is 0 Å². The molecule has 0 aliphatic heterocycles. The summed E-state index contributed by atoms with van der Waals surface area (Å²) in [6, 6.07) is 21.8. The Balaban J connectivity index is 1.63. The van der Waals surface area contributed by atoms with Crippen molar-refractivity contribution in [2.75, 3.05) is 12.4 Å². The van der Waals surface area contributed by atoms with Gasteiger partial charge in [-0.15, -0.1) is 0 Å². The number of nitrogens with one attached hydrogen (secondary N) is 1. The van der Waals surface area contributed by atoms with Gasteiger partial charge >= 0.3 is 6.03 Å². The Labute approximate surface area is 158 Å². The molecule has 2 amide bonds. The number of anilines is 1. The number of urea groups is 1. The summed E-state index contributed by atoms with van der Waals surface area (Å²) in [6.07, 6.45) is 1.73. The van der Waals surface area contributed by atoms with Crippen LogP contribution in [0.25, 0.3) is 0 Å². The molecule has 0 bridgehead atoms. The number of hydrogen-bond donors (Lipinski definition) is 1. The molecule has 3 rings (SSSR count). The van der Waals surface area contributed by atoms with Gasteiger partial charge in [-0.2, -0.15) is 0 Å². The molecule has 0 saturated carbocycles. The van der Waals surface area contributed by atoms with Gasteiger partial charge < -0.3 is 10.2 Å². The lowest BCUT2D eigenvalue weighted by Gasteiger charge is -2.18. The number of carbonyl (C=O) groups excluding carboxylic acids is 1. The van der Waals surface area contributed by atoms with E-state index in [0.29, 0.717) is 6.54 Å². The van der Waals surface area contributed by atoms with Crippen molar-refractivity contribution in [1.82, 2.24) is 9.88 Å². The predicted molar refractivity (Wildman–Crippen MR) is 106 cm³/mol. The molecule has 0 radical (unpaired) electrons. The zero-order valence-corrected chi connectivity index (χ0v) is 15.7. The SMILES string of the molecule is Cc1cc(Sc2ccccc2)ccc1NC(=O)N(C)Cc1ccccn1. The summed E-state index contributed by atoms with van der Waals surface area (Å²) in [5, 5.41) is 2.97. The van der Waals surface area contributed by atoms with Gasteiger partial charge in [0.05, 0.1) is 12.2 Å². The quantitative estimate of drug-likeness (QED) is 0.677. The smallest absolute Gasteiger partial charge is 0.321 e. The summed E-state index contributed by atoms with van der Waals surface area (Å²) in [7, 11) is 1.76. The Bertz CT molecular complexity index is 869. The van der Waals surface area contributed by atoms with E-state index in [4.69, 9.17) is 0 Å². The van der Waals surface area contributed by atoms with Crippen LogP contribution in [-0.2, 0) is 6.54 Å². The highest BCUT2D eigenvalue weighted by molar-refractivity contribution is 7.99. The molecule has 0 unspecified atom stereocenters. The average molecular weight is 363 g/mol. The first-order valence-corrected chi connectivity index (χ1v) is 9.19. The largest absolute Gasteiger partial charge is 0.322 e. The average Bonchev–Trinajstić information content (AvgIpc) is 2.65. The maximum absolute atomic E-state index is 12.4. The fourth-order valence-corrected chi connectivity index (χ4v) is 3.42. The van der Waals surface area contributed by atoms with E-state index >= 15 is 0 Å². The van der Waals surface area contributed by atoms with Gasteiger partial charge in [0.2, 0.25) is 0 Å². The molecule has 3 aromatic rings. The summed E-state index contributed by atoms with van der Waals surface area (Å²) in [4.78, 5) is 20.6. The lowest BCUT2D eigenvalue weighted by Crippen LogP contribution is -2.31. The second kappa shape index (κ2) is 8.54. The van der Waals surface area contributed by atoms with Crippen LogP contribution in [-0.4, -0.2) is 23.0 Å². The summed E-state index contributed by atoms with van der Waals surface area (Å²) in [5.74, 6) is 0. The molecule has 2 aromatic carbocycles. The fraction of sp³-hybridized carbons (Fsp3) is 0.143. The minimum atomic E-state index is -0.151. The normalized spacial score (nSPS) is 10.4. The Morgan fingerprint density at radius 3 is 2.50 bits per heavy atom. The van der Waals surface area contributed by atoms with Crippen molar-refractivity contribution in [3.05, 3.63) is 84.2 Å². The monoisotopic (exact) mass is 363 g/mol. The van der Waals surface area contributed by atoms with Crippen LogP contribution in [0.4, 0.5) is 10.5 Å². The molecule has 0 fully saturated rings. The maximum Gasteiger partial charge on any atom is 0.321 e. The van der Waals surface area contributed by atoms with Crippen molar-refractivity contribution in [3.63, 3.8) is 0 Å². The predicted octanol–water partition coefficient (Wildman–Crippen LogP) is 5.21. The molecule has 0 spiro atoms. The van der Waals surface area contributed by atoms with Crippen molar-refractivity contribution in [2.24, 2.45) is 0 Å². The number of carbonyl (C=O) groups is 1. The molecule has 0 atom stereocenters. The Kier molecular flexibility index (Phi) is 5.92. The zero-order valence-electron chi connectivity index (χ0n) is 14.8. The molecule has 0 aliphatic carbocycles. The molecule has 1 N–H and O–H groups in total. The van der Waals surface area contributed by atoms with E-state index in [1.165, 1.54) is 4.90 Å². The Hall–Kier alpha value is -2.79. The first kappa shape index (κ1) is 18.0. The van der Waals surface area contributed by atoms with E-state index in [9.17, 15) is 4.79 Å². The molecular formula is C21H21N3OS. The van der Waals surface area contributed by atoms with E-state index < -0.39 is 0 Å². The molecule has 4 nitrogen and oxygen atoms in total. The van der Waals surface area contributed by atoms with Crippen LogP contribution in [0.1, 0.15) is 11.3 Å². The molecule has 1 aromatic heterocycles. The van der Waals surface area contributed by atoms with Crippen molar-refractivity contribution < 1.29 is 4.79 Å². The van der Waals surface area contributed by atoms with Crippen molar-refractivity contribution >= 4 is 23.5 Å². The summed E-state index contributed by atoms with van der Waals surface area (Å²) in [5.41, 5.74) is 2.71. The van der Waals surface area contributed by atoms with Crippen molar-refractivity contribution in [2.45, 2.75) is 23.3 Å². The van der Waals surface area contributed by atoms with Crippen LogP contribution < -0.4 is 5.32 Å². The second-order valence-corrected chi connectivity index (χ2v) is 7.15. The topological polar surface area (TPSA) is 45.2 Å². The molecular weight excluding hydrogens is 342 g/mol. The van der Waals surface area contributed by atoms with Gasteiger partial charge in [0, 0.05) is 28.7 Å². The third kappa shape index (κ3) is 4.86. The van der Waals surface area contributed by atoms with Gasteiger partial charge in [0.15, 0.2) is 0 Å². The number of aromatic nitrogens is 1. The summed E-state index contributed by atoms with van der Waals surface area (Å²) < 4.78 is 0. The van der Waals surface area contributed by atoms with Crippen LogP contribution in [0, 0.1) is 6.92 Å². The zero-order chi connectivity index (χ0) is 18.4. The van der Waals surface area contributed by atoms with E-state index in [2.05, 4.69) is 28.5 Å². The van der Waals surface area contributed by atoms with E-state index in [1.54, 1.807) is 29.9 Å². The third-order valence-corrected chi connectivity index (χ3v) is 4.89. The van der Waals surface area contributed by atoms with Gasteiger partial charge in [0.1, 0.15) is 0 Å². The molecule has 1 heterocycles. The number of nitrogens with zero attached hydrogens (tertiary/aromatic N) is 2. The first-order chi connectivity index (χ1) is 12.6. The highest BCUT2D eigenvalue weighted by Gasteiger charge is 2.11. The minimum Gasteiger partial charge on any atom is -0.322 e. The number of pyridine rings is 1. The van der Waals surface area contributed by atoms with Gasteiger partial charge in [0.25, 0.3) is 0 Å². The summed E-state index contributed by atoms with van der Waals surface area (Å²) >= 11 is 1.71. The number of benzene rings is 2. The number of hydrogen-bond acceptors (Lipinski definition) is 3. The number of rotatable bonds is 5. The van der Waals surface area contributed by atoms with Crippen LogP contribution in [0.5, 0.6) is 0 Å². The second-order valence-electron chi connectivity index (χ2n) is 6.00. The summed E-state index contributed by atoms with van der Waals surface area (Å²) in [6.45, 7) is 2.47. The molecule has 132 valence electrons. The number of amides is 2. The van der Waals surface area contributed by atoms with Crippen LogP contribution in [0.3, 0.4) is 0 Å². The lowest BCUT2D eigenvalue weighted by molar-refractivity contribution is 0.220. The third-order valence-electron chi connectivity index (χ3n) is 3.89. The van der Waals surface area contributed by atoms with Gasteiger partial charge in [-0.25, -0.2) is 4.79 Å². The van der Waals surface area contributed by atoms with Crippen LogP contribution in [0.15, 0.2) is 82.7 Å². The van der Waals surface area contributed by atoms with Gasteiger partial charge in [-0.1, -0.05) is 36.0 Å². The standard InChI is InChI=1S/C21H21N3OS/c1-16-14-19(26-18-9-4-3-5-10-18)11-12-20(16)23-21(25)24(2)15-17-8-6-7-13-22-17/h3-14H,15H2,1-2H3,(H,23,25). The highest BCUT2D eigenvalue weighted by atomic mass is 32.2. The Morgan fingerprint density at radius 2 is 1.81 bits per heavy atom. The maximum atomic E-state index is 12.4. The van der Waals surface area contributed by atoms with E-state index in [0.717, 1.165) is 21.8 Å². The molecule has 26 heavy (non-hydrogen) atoms. The van der Waals surface area contributed by atoms with Crippen molar-refractivity contribution in [1.29, 1.82) is 0 Å². The van der Waals surface area contributed by atoms with Gasteiger partial charge in [-0.05, 0) is 55.0 Å². The lowest BCUT2D eigenvalue weighted by atomic mass is 10.2. The number of aryl methyl sites for hydroxylation is 1. The fourth-order valence-electron chi connectivity index (χ4n) is 2.48. The van der Waals surface area contributed by atoms with E-state index in [-0.39, 0.29) is 6.03 Å². The minimum absolute atomic E-state index is 0.151. The molecule has 0 aliphatic rings. The highest BCUT2D eigenvalue weighted by Crippen LogP contribution is 2.30. The van der Waals surface area contributed by atoms with E-state index in [1.807, 2.05) is 55.5 Å². The van der Waals surface area contributed by atoms with Crippen LogP contribution in [0.2, 0.25) is 0 Å².